The van der Waals surface area contributed by atoms with Crippen LogP contribution in [0, 0.1) is 12.7 Å². The summed E-state index contributed by atoms with van der Waals surface area (Å²) in [5.41, 5.74) is 5.74. The minimum absolute atomic E-state index is 0.0693. The van der Waals surface area contributed by atoms with E-state index in [4.69, 9.17) is 0 Å². The third-order valence-electron chi connectivity index (χ3n) is 6.41. The number of aromatic amines is 1. The number of halogens is 1. The minimum Gasteiger partial charge on any atom is -0.358 e. The Morgan fingerprint density at radius 1 is 1.29 bits per heavy atom. The number of benzene rings is 1. The lowest BCUT2D eigenvalue weighted by atomic mass is 9.87. The largest absolute Gasteiger partial charge is 0.358 e. The van der Waals surface area contributed by atoms with E-state index in [1.165, 1.54) is 17.1 Å². The highest BCUT2D eigenvalue weighted by molar-refractivity contribution is 5.92. The molecular weight excluding hydrogens is 391 g/mol. The highest BCUT2D eigenvalue weighted by atomic mass is 19.1. The lowest BCUT2D eigenvalue weighted by Gasteiger charge is -2.31. The number of carbonyl (C=O) groups excluding carboxylic acids is 1. The van der Waals surface area contributed by atoms with Gasteiger partial charge in [-0.3, -0.25) is 14.7 Å². The molecule has 2 aromatic heterocycles. The van der Waals surface area contributed by atoms with Crippen molar-refractivity contribution in [3.63, 3.8) is 0 Å². The van der Waals surface area contributed by atoms with Gasteiger partial charge in [-0.15, -0.1) is 0 Å². The molecule has 0 saturated carbocycles. The topological polar surface area (TPSA) is 61.0 Å². The summed E-state index contributed by atoms with van der Waals surface area (Å²) >= 11 is 0. The van der Waals surface area contributed by atoms with Crippen LogP contribution in [0.3, 0.4) is 0 Å². The van der Waals surface area contributed by atoms with Gasteiger partial charge in [0, 0.05) is 29.2 Å². The van der Waals surface area contributed by atoms with Crippen molar-refractivity contribution < 1.29 is 9.18 Å². The van der Waals surface area contributed by atoms with Crippen LogP contribution in [0.25, 0.3) is 22.2 Å². The molecule has 4 rings (SSSR count). The average molecular weight is 423 g/mol. The second kappa shape index (κ2) is 8.79. The zero-order valence-electron chi connectivity index (χ0n) is 18.8. The number of aryl methyl sites for hydroxylation is 1. The molecule has 0 bridgehead atoms. The number of likely N-dealkylation sites (N-methyl/N-ethyl adjacent to an activating group) is 1. The summed E-state index contributed by atoms with van der Waals surface area (Å²) in [4.78, 5) is 21.4. The summed E-state index contributed by atoms with van der Waals surface area (Å²) in [6.45, 7) is 8.51. The molecular formula is C25H31FN4O. The molecule has 3 heterocycles. The molecule has 2 N–H and O–H groups in total. The standard InChI is InChI=1S/C25H31FN4O/c1-15(2)24-20-12-18(17-7-9-30(10-8-17)14-23(31)27-4)5-6-22(20)29-25(24)19-11-16(3)28-13-21(19)26/h5-6,11-13,15,17,29H,7-10,14H2,1-4H3,(H,27,31). The molecule has 164 valence electrons. The van der Waals surface area contributed by atoms with Gasteiger partial charge in [-0.05, 0) is 74.0 Å². The number of hydrogen-bond donors (Lipinski definition) is 2. The van der Waals surface area contributed by atoms with Crippen molar-refractivity contribution >= 4 is 16.8 Å². The Hall–Kier alpha value is -2.73. The molecule has 3 aromatic rings. The number of piperidine rings is 1. The van der Waals surface area contributed by atoms with Crippen molar-refractivity contribution in [1.29, 1.82) is 0 Å². The Morgan fingerprint density at radius 2 is 2.03 bits per heavy atom. The summed E-state index contributed by atoms with van der Waals surface area (Å²) < 4.78 is 14.6. The fraction of sp³-hybridized carbons (Fsp3) is 0.440. The number of hydrogen-bond acceptors (Lipinski definition) is 3. The van der Waals surface area contributed by atoms with Crippen LogP contribution in [0.1, 0.15) is 55.3 Å². The molecule has 1 fully saturated rings. The summed E-state index contributed by atoms with van der Waals surface area (Å²) in [5.74, 6) is 0.493. The normalized spacial score (nSPS) is 15.7. The molecule has 0 unspecified atom stereocenters. The molecule has 1 amide bonds. The lowest BCUT2D eigenvalue weighted by Crippen LogP contribution is -2.40. The van der Waals surface area contributed by atoms with Crippen molar-refractivity contribution in [2.24, 2.45) is 0 Å². The smallest absolute Gasteiger partial charge is 0.233 e. The van der Waals surface area contributed by atoms with Gasteiger partial charge in [-0.25, -0.2) is 4.39 Å². The van der Waals surface area contributed by atoms with E-state index >= 15 is 0 Å². The second-order valence-corrected chi connectivity index (χ2v) is 8.90. The number of fused-ring (bicyclic) bond motifs is 1. The maximum absolute atomic E-state index is 14.6. The minimum atomic E-state index is -0.303. The summed E-state index contributed by atoms with van der Waals surface area (Å²) in [6, 6.07) is 8.42. The Bertz CT molecular complexity index is 1100. The van der Waals surface area contributed by atoms with E-state index in [0.29, 0.717) is 18.0 Å². The van der Waals surface area contributed by atoms with Gasteiger partial charge in [0.1, 0.15) is 0 Å². The van der Waals surface area contributed by atoms with Crippen LogP contribution in [0.2, 0.25) is 0 Å². The van der Waals surface area contributed by atoms with Crippen LogP contribution in [-0.2, 0) is 4.79 Å². The molecule has 5 nitrogen and oxygen atoms in total. The summed E-state index contributed by atoms with van der Waals surface area (Å²) in [6.07, 6.45) is 3.38. The quantitative estimate of drug-likeness (QED) is 0.625. The van der Waals surface area contributed by atoms with E-state index < -0.39 is 0 Å². The number of aromatic nitrogens is 2. The van der Waals surface area contributed by atoms with Crippen LogP contribution in [0.5, 0.6) is 0 Å². The highest BCUT2D eigenvalue weighted by Crippen LogP contribution is 2.39. The zero-order valence-corrected chi connectivity index (χ0v) is 18.8. The molecule has 6 heteroatoms. The van der Waals surface area contributed by atoms with E-state index in [1.807, 2.05) is 13.0 Å². The third kappa shape index (κ3) is 4.35. The van der Waals surface area contributed by atoms with E-state index in [2.05, 4.69) is 52.2 Å². The van der Waals surface area contributed by atoms with Gasteiger partial charge in [0.2, 0.25) is 5.91 Å². The highest BCUT2D eigenvalue weighted by Gasteiger charge is 2.24. The van der Waals surface area contributed by atoms with Crippen molar-refractivity contribution in [3.05, 3.63) is 53.1 Å². The van der Waals surface area contributed by atoms with Crippen molar-refractivity contribution in [2.75, 3.05) is 26.7 Å². The number of carbonyl (C=O) groups is 1. The molecule has 0 spiro atoms. The summed E-state index contributed by atoms with van der Waals surface area (Å²) in [7, 11) is 1.68. The Balaban J connectivity index is 1.66. The molecule has 0 radical (unpaired) electrons. The third-order valence-corrected chi connectivity index (χ3v) is 6.41. The molecule has 1 aromatic carbocycles. The summed E-state index contributed by atoms with van der Waals surface area (Å²) in [5, 5.41) is 3.87. The first-order chi connectivity index (χ1) is 14.9. The molecule has 1 saturated heterocycles. The number of rotatable bonds is 5. The molecule has 1 aliphatic heterocycles. The van der Waals surface area contributed by atoms with Crippen LogP contribution in [-0.4, -0.2) is 47.5 Å². The Kier molecular flexibility index (Phi) is 6.10. The number of pyridine rings is 1. The maximum atomic E-state index is 14.6. The number of H-pyrrole nitrogens is 1. The van der Waals surface area contributed by atoms with Gasteiger partial charge in [0.05, 0.1) is 18.4 Å². The van der Waals surface area contributed by atoms with Gasteiger partial charge >= 0.3 is 0 Å². The van der Waals surface area contributed by atoms with Gasteiger partial charge in [0.25, 0.3) is 0 Å². The van der Waals surface area contributed by atoms with Crippen molar-refractivity contribution in [2.45, 2.75) is 45.4 Å². The number of nitrogens with zero attached hydrogens (tertiary/aromatic N) is 2. The molecule has 1 aliphatic rings. The first-order valence-corrected chi connectivity index (χ1v) is 11.1. The van der Waals surface area contributed by atoms with E-state index in [9.17, 15) is 9.18 Å². The van der Waals surface area contributed by atoms with E-state index in [0.717, 1.165) is 48.4 Å². The number of nitrogens with one attached hydrogen (secondary N) is 2. The fourth-order valence-corrected chi connectivity index (χ4v) is 4.74. The molecule has 0 atom stereocenters. The van der Waals surface area contributed by atoms with Gasteiger partial charge in [-0.2, -0.15) is 0 Å². The second-order valence-electron chi connectivity index (χ2n) is 8.90. The number of amides is 1. The fourth-order valence-electron chi connectivity index (χ4n) is 4.74. The molecule has 31 heavy (non-hydrogen) atoms. The van der Waals surface area contributed by atoms with Crippen molar-refractivity contribution in [1.82, 2.24) is 20.2 Å². The molecule has 0 aliphatic carbocycles. The van der Waals surface area contributed by atoms with Crippen LogP contribution in [0.15, 0.2) is 30.5 Å². The first kappa shape index (κ1) is 21.5. The van der Waals surface area contributed by atoms with Gasteiger partial charge in [0.15, 0.2) is 5.82 Å². The lowest BCUT2D eigenvalue weighted by molar-refractivity contribution is -0.122. The van der Waals surface area contributed by atoms with E-state index in [-0.39, 0.29) is 17.6 Å². The predicted molar refractivity (Wildman–Crippen MR) is 123 cm³/mol. The Morgan fingerprint density at radius 3 is 2.71 bits per heavy atom. The average Bonchev–Trinajstić information content (AvgIpc) is 3.14. The SMILES string of the molecule is CNC(=O)CN1CCC(c2ccc3[nH]c(-c4cc(C)ncc4F)c(C(C)C)c3c2)CC1. The Labute approximate surface area is 183 Å². The van der Waals surface area contributed by atoms with Crippen molar-refractivity contribution in [3.8, 4) is 11.3 Å². The van der Waals surface area contributed by atoms with Crippen LogP contribution >= 0.6 is 0 Å². The van der Waals surface area contributed by atoms with Crippen LogP contribution in [0.4, 0.5) is 4.39 Å². The van der Waals surface area contributed by atoms with Crippen LogP contribution < -0.4 is 5.32 Å². The van der Waals surface area contributed by atoms with Gasteiger partial charge in [-0.1, -0.05) is 19.9 Å². The first-order valence-electron chi connectivity index (χ1n) is 11.1. The predicted octanol–water partition coefficient (Wildman–Crippen LogP) is 4.73. The monoisotopic (exact) mass is 422 g/mol. The van der Waals surface area contributed by atoms with Gasteiger partial charge < -0.3 is 10.3 Å². The zero-order chi connectivity index (χ0) is 22.1. The maximum Gasteiger partial charge on any atom is 0.233 e. The number of likely N-dealkylation sites (tertiary alicyclic amines) is 1. The van der Waals surface area contributed by atoms with E-state index in [1.54, 1.807) is 7.05 Å².